The molecule has 92 valence electrons. The zero-order valence-corrected chi connectivity index (χ0v) is 9.48. The van der Waals surface area contributed by atoms with Crippen molar-refractivity contribution in [2.24, 2.45) is 0 Å². The molecule has 0 amide bonds. The molecule has 0 saturated carbocycles. The summed E-state index contributed by atoms with van der Waals surface area (Å²) in [5.41, 5.74) is 0.497. The molecule has 2 aromatic rings. The largest absolute Gasteiger partial charge is 0.481 e. The standard InChI is InChI=1S/C13H9F2NO2/c1-18-13-10(5-8(7-17)6-16-13)9-3-2-4-11(14)12(9)15/h2-7H,1H3. The van der Waals surface area contributed by atoms with Crippen molar-refractivity contribution >= 4 is 6.29 Å². The van der Waals surface area contributed by atoms with Gasteiger partial charge in [0.15, 0.2) is 17.9 Å². The zero-order valence-electron chi connectivity index (χ0n) is 9.48. The summed E-state index contributed by atoms with van der Waals surface area (Å²) in [7, 11) is 1.36. The van der Waals surface area contributed by atoms with Crippen molar-refractivity contribution in [2.45, 2.75) is 0 Å². The molecule has 0 saturated heterocycles. The Labute approximate surface area is 102 Å². The van der Waals surface area contributed by atoms with Gasteiger partial charge in [-0.1, -0.05) is 12.1 Å². The van der Waals surface area contributed by atoms with Crippen LogP contribution in [0, 0.1) is 11.6 Å². The SMILES string of the molecule is COc1ncc(C=O)cc1-c1cccc(F)c1F. The second-order valence-electron chi connectivity index (χ2n) is 3.54. The number of aromatic nitrogens is 1. The predicted molar refractivity (Wildman–Crippen MR) is 61.5 cm³/mol. The van der Waals surface area contributed by atoms with E-state index in [9.17, 15) is 13.6 Å². The van der Waals surface area contributed by atoms with Crippen molar-refractivity contribution in [3.8, 4) is 17.0 Å². The van der Waals surface area contributed by atoms with Gasteiger partial charge in [-0.05, 0) is 12.1 Å². The Kier molecular flexibility index (Phi) is 3.32. The van der Waals surface area contributed by atoms with Gasteiger partial charge in [0.05, 0.1) is 7.11 Å². The number of hydrogen-bond donors (Lipinski definition) is 0. The maximum Gasteiger partial charge on any atom is 0.221 e. The fraction of sp³-hybridized carbons (Fsp3) is 0.0769. The molecule has 0 atom stereocenters. The number of methoxy groups -OCH3 is 1. The van der Waals surface area contributed by atoms with Crippen molar-refractivity contribution < 1.29 is 18.3 Å². The van der Waals surface area contributed by atoms with Gasteiger partial charge in [-0.25, -0.2) is 13.8 Å². The van der Waals surface area contributed by atoms with E-state index < -0.39 is 11.6 Å². The molecule has 0 aliphatic rings. The van der Waals surface area contributed by atoms with Crippen LogP contribution in [0.4, 0.5) is 8.78 Å². The lowest BCUT2D eigenvalue weighted by molar-refractivity contribution is 0.112. The molecular weight excluding hydrogens is 240 g/mol. The van der Waals surface area contributed by atoms with Gasteiger partial charge in [-0.15, -0.1) is 0 Å². The monoisotopic (exact) mass is 249 g/mol. The molecule has 18 heavy (non-hydrogen) atoms. The van der Waals surface area contributed by atoms with Gasteiger partial charge >= 0.3 is 0 Å². The quantitative estimate of drug-likeness (QED) is 0.785. The van der Waals surface area contributed by atoms with Gasteiger partial charge in [-0.2, -0.15) is 0 Å². The summed E-state index contributed by atoms with van der Waals surface area (Å²) in [6.45, 7) is 0. The molecule has 0 unspecified atom stereocenters. The molecule has 0 aliphatic carbocycles. The van der Waals surface area contributed by atoms with Crippen LogP contribution in [0.2, 0.25) is 0 Å². The first-order valence-corrected chi connectivity index (χ1v) is 5.11. The number of aldehydes is 1. The summed E-state index contributed by atoms with van der Waals surface area (Å²) in [6.07, 6.45) is 1.87. The van der Waals surface area contributed by atoms with E-state index in [-0.39, 0.29) is 22.6 Å². The van der Waals surface area contributed by atoms with E-state index in [1.165, 1.54) is 31.5 Å². The fourth-order valence-electron chi connectivity index (χ4n) is 1.60. The van der Waals surface area contributed by atoms with Crippen LogP contribution in [0.5, 0.6) is 5.88 Å². The number of benzene rings is 1. The molecule has 3 nitrogen and oxygen atoms in total. The molecule has 5 heteroatoms. The average Bonchev–Trinajstić information content (AvgIpc) is 2.41. The first-order valence-electron chi connectivity index (χ1n) is 5.11. The highest BCUT2D eigenvalue weighted by Gasteiger charge is 2.15. The normalized spacial score (nSPS) is 10.2. The van der Waals surface area contributed by atoms with Crippen LogP contribution in [0.15, 0.2) is 30.5 Å². The third kappa shape index (κ3) is 2.07. The van der Waals surface area contributed by atoms with E-state index >= 15 is 0 Å². The van der Waals surface area contributed by atoms with Gasteiger partial charge < -0.3 is 4.74 Å². The number of carbonyl (C=O) groups excluding carboxylic acids is 1. The number of nitrogens with zero attached hydrogens (tertiary/aromatic N) is 1. The van der Waals surface area contributed by atoms with Gasteiger partial charge in [0.25, 0.3) is 0 Å². The van der Waals surface area contributed by atoms with Gasteiger partial charge in [0.1, 0.15) is 0 Å². The summed E-state index contributed by atoms with van der Waals surface area (Å²) in [6, 6.07) is 5.19. The fourth-order valence-corrected chi connectivity index (χ4v) is 1.60. The number of pyridine rings is 1. The number of hydrogen-bond acceptors (Lipinski definition) is 3. The zero-order chi connectivity index (χ0) is 13.1. The van der Waals surface area contributed by atoms with Crippen molar-refractivity contribution in [1.29, 1.82) is 0 Å². The smallest absolute Gasteiger partial charge is 0.221 e. The van der Waals surface area contributed by atoms with Crippen molar-refractivity contribution in [3.63, 3.8) is 0 Å². The Hall–Kier alpha value is -2.30. The van der Waals surface area contributed by atoms with E-state index in [1.54, 1.807) is 0 Å². The second kappa shape index (κ2) is 4.91. The highest BCUT2D eigenvalue weighted by Crippen LogP contribution is 2.31. The van der Waals surface area contributed by atoms with Gasteiger partial charge in [-0.3, -0.25) is 4.79 Å². The second-order valence-corrected chi connectivity index (χ2v) is 3.54. The molecule has 1 aromatic carbocycles. The van der Waals surface area contributed by atoms with Crippen molar-refractivity contribution in [2.75, 3.05) is 7.11 Å². The first-order chi connectivity index (χ1) is 8.67. The summed E-state index contributed by atoms with van der Waals surface area (Å²) >= 11 is 0. The minimum absolute atomic E-state index is 0.00282. The summed E-state index contributed by atoms with van der Waals surface area (Å²) < 4.78 is 31.8. The highest BCUT2D eigenvalue weighted by atomic mass is 19.2. The van der Waals surface area contributed by atoms with E-state index in [1.807, 2.05) is 0 Å². The van der Waals surface area contributed by atoms with Crippen LogP contribution in [-0.2, 0) is 0 Å². The topological polar surface area (TPSA) is 39.2 Å². The lowest BCUT2D eigenvalue weighted by atomic mass is 10.0. The third-order valence-corrected chi connectivity index (χ3v) is 2.44. The Bertz CT molecular complexity index is 600. The van der Waals surface area contributed by atoms with E-state index in [4.69, 9.17) is 4.74 Å². The van der Waals surface area contributed by atoms with Crippen LogP contribution >= 0.6 is 0 Å². The Morgan fingerprint density at radius 2 is 2.06 bits per heavy atom. The number of ether oxygens (including phenoxy) is 1. The van der Waals surface area contributed by atoms with Gasteiger partial charge in [0.2, 0.25) is 5.88 Å². The van der Waals surface area contributed by atoms with Crippen LogP contribution in [0.25, 0.3) is 11.1 Å². The van der Waals surface area contributed by atoms with E-state index in [2.05, 4.69) is 4.98 Å². The summed E-state index contributed by atoms with van der Waals surface area (Å²) in [5, 5.41) is 0. The number of halogens is 2. The average molecular weight is 249 g/mol. The van der Waals surface area contributed by atoms with Crippen LogP contribution in [0.3, 0.4) is 0 Å². The molecule has 0 spiro atoms. The molecule has 0 radical (unpaired) electrons. The van der Waals surface area contributed by atoms with Crippen molar-refractivity contribution in [3.05, 3.63) is 47.7 Å². The lowest BCUT2D eigenvalue weighted by Gasteiger charge is -2.09. The summed E-state index contributed by atoms with van der Waals surface area (Å²) in [5.74, 6) is -1.84. The molecule has 1 aromatic heterocycles. The van der Waals surface area contributed by atoms with Gasteiger partial charge in [0, 0.05) is 22.9 Å². The Morgan fingerprint density at radius 3 is 2.72 bits per heavy atom. The first kappa shape index (κ1) is 12.2. The lowest BCUT2D eigenvalue weighted by Crippen LogP contribution is -1.97. The third-order valence-electron chi connectivity index (χ3n) is 2.44. The van der Waals surface area contributed by atoms with Crippen molar-refractivity contribution in [1.82, 2.24) is 4.98 Å². The maximum atomic E-state index is 13.7. The van der Waals surface area contributed by atoms with Crippen LogP contribution in [0.1, 0.15) is 10.4 Å². The molecular formula is C13H9F2NO2. The van der Waals surface area contributed by atoms with Crippen LogP contribution in [-0.4, -0.2) is 18.4 Å². The highest BCUT2D eigenvalue weighted by molar-refractivity contribution is 5.80. The minimum atomic E-state index is -0.999. The molecule has 0 N–H and O–H groups in total. The molecule has 0 fully saturated rings. The molecule has 0 bridgehead atoms. The summed E-state index contributed by atoms with van der Waals surface area (Å²) in [4.78, 5) is 14.6. The minimum Gasteiger partial charge on any atom is -0.481 e. The van der Waals surface area contributed by atoms with Crippen LogP contribution < -0.4 is 4.74 Å². The Morgan fingerprint density at radius 1 is 1.28 bits per heavy atom. The maximum absolute atomic E-state index is 13.7. The van der Waals surface area contributed by atoms with E-state index in [0.29, 0.717) is 6.29 Å². The Balaban J connectivity index is 2.68. The predicted octanol–water partition coefficient (Wildman–Crippen LogP) is 2.85. The number of carbonyl (C=O) groups is 1. The number of rotatable bonds is 3. The molecule has 2 rings (SSSR count). The molecule has 1 heterocycles. The molecule has 0 aliphatic heterocycles. The van der Waals surface area contributed by atoms with E-state index in [0.717, 1.165) is 6.07 Å².